The molecule has 0 spiro atoms. The van der Waals surface area contributed by atoms with Crippen molar-refractivity contribution in [3.63, 3.8) is 0 Å². The van der Waals surface area contributed by atoms with Crippen molar-refractivity contribution in [1.29, 1.82) is 0 Å². The summed E-state index contributed by atoms with van der Waals surface area (Å²) >= 11 is 0. The number of aliphatic hydroxyl groups is 2. The average molecular weight is 258 g/mol. The van der Waals surface area contributed by atoms with Crippen LogP contribution in [0.1, 0.15) is 0 Å². The van der Waals surface area contributed by atoms with E-state index in [0.717, 1.165) is 0 Å². The second-order valence-corrected chi connectivity index (χ2v) is 5.58. The summed E-state index contributed by atoms with van der Waals surface area (Å²) in [7, 11) is -3.81. The summed E-state index contributed by atoms with van der Waals surface area (Å²) in [5.41, 5.74) is 0.408. The fourth-order valence-corrected chi connectivity index (χ4v) is 2.68. The molecule has 1 aromatic carbocycles. The second kappa shape index (κ2) is 4.26. The van der Waals surface area contributed by atoms with Crippen molar-refractivity contribution in [3.8, 4) is 0 Å². The van der Waals surface area contributed by atoms with E-state index < -0.39 is 22.2 Å². The minimum absolute atomic E-state index is 0.00120. The van der Waals surface area contributed by atoms with Gasteiger partial charge in [-0.15, -0.1) is 0 Å². The number of β-amino-alcohol motifs (C(OH)–C–C–N with tert-alkyl or cyclic N) is 2. The number of hydrogen-bond acceptors (Lipinski definition) is 5. The van der Waals surface area contributed by atoms with Gasteiger partial charge in [-0.25, -0.2) is 13.6 Å². The maximum atomic E-state index is 11.4. The minimum Gasteiger partial charge on any atom is -0.389 e. The summed E-state index contributed by atoms with van der Waals surface area (Å²) in [4.78, 5) is 1.61. The van der Waals surface area contributed by atoms with Gasteiger partial charge in [0, 0.05) is 13.1 Å². The number of primary sulfonamides is 1. The molecule has 0 saturated carbocycles. The summed E-state index contributed by atoms with van der Waals surface area (Å²) in [5.74, 6) is 0. The van der Waals surface area contributed by atoms with Gasteiger partial charge in [0.25, 0.3) is 0 Å². The van der Waals surface area contributed by atoms with Gasteiger partial charge in [-0.3, -0.25) is 0 Å². The van der Waals surface area contributed by atoms with E-state index in [9.17, 15) is 18.6 Å². The molecule has 0 bridgehead atoms. The van der Waals surface area contributed by atoms with E-state index in [4.69, 9.17) is 5.14 Å². The Morgan fingerprint density at radius 2 is 1.71 bits per heavy atom. The number of rotatable bonds is 2. The highest BCUT2D eigenvalue weighted by atomic mass is 32.2. The highest BCUT2D eigenvalue weighted by Crippen LogP contribution is 2.27. The van der Waals surface area contributed by atoms with Crippen molar-refractivity contribution in [1.82, 2.24) is 0 Å². The van der Waals surface area contributed by atoms with Crippen LogP contribution in [0.4, 0.5) is 5.69 Å². The molecule has 1 heterocycles. The van der Waals surface area contributed by atoms with Crippen LogP contribution in [-0.4, -0.2) is 43.9 Å². The number of nitrogens with two attached hydrogens (primary N) is 1. The monoisotopic (exact) mass is 258 g/mol. The van der Waals surface area contributed by atoms with E-state index >= 15 is 0 Å². The Morgan fingerprint density at radius 3 is 2.24 bits per heavy atom. The Hall–Kier alpha value is -1.15. The fraction of sp³-hybridized carbons (Fsp3) is 0.400. The third-order valence-corrected chi connectivity index (χ3v) is 3.73. The second-order valence-electron chi connectivity index (χ2n) is 4.05. The van der Waals surface area contributed by atoms with Crippen molar-refractivity contribution in [2.45, 2.75) is 17.1 Å². The molecule has 6 nitrogen and oxygen atoms in total. The SMILES string of the molecule is NS(=O)(=O)c1ccccc1N1CC(O)C(O)C1. The molecule has 17 heavy (non-hydrogen) atoms. The molecule has 94 valence electrons. The van der Waals surface area contributed by atoms with E-state index in [0.29, 0.717) is 5.69 Å². The van der Waals surface area contributed by atoms with Crippen LogP contribution in [0.25, 0.3) is 0 Å². The Kier molecular flexibility index (Phi) is 3.09. The largest absolute Gasteiger partial charge is 0.389 e. The standard InChI is InChI=1S/C10H14N2O4S/c11-17(15,16)10-4-2-1-3-7(10)12-5-8(13)9(14)6-12/h1-4,8-9,13-14H,5-6H2,(H2,11,15,16). The summed E-state index contributed by atoms with van der Waals surface area (Å²) < 4.78 is 22.8. The van der Waals surface area contributed by atoms with Crippen molar-refractivity contribution in [2.75, 3.05) is 18.0 Å². The summed E-state index contributed by atoms with van der Waals surface area (Å²) in [6.45, 7) is 0.376. The van der Waals surface area contributed by atoms with Crippen LogP contribution in [0.3, 0.4) is 0 Å². The van der Waals surface area contributed by atoms with Crippen LogP contribution in [0, 0.1) is 0 Å². The number of hydrogen-bond donors (Lipinski definition) is 3. The summed E-state index contributed by atoms with van der Waals surface area (Å²) in [5, 5.41) is 24.0. The molecule has 0 amide bonds. The van der Waals surface area contributed by atoms with E-state index in [2.05, 4.69) is 0 Å². The molecule has 1 saturated heterocycles. The molecule has 1 aliphatic heterocycles. The zero-order chi connectivity index (χ0) is 12.6. The average Bonchev–Trinajstić information content (AvgIpc) is 2.58. The molecule has 7 heteroatoms. The highest BCUT2D eigenvalue weighted by Gasteiger charge is 2.31. The number of nitrogens with zero attached hydrogens (tertiary/aromatic N) is 1. The van der Waals surface area contributed by atoms with Crippen LogP contribution in [0.5, 0.6) is 0 Å². The van der Waals surface area contributed by atoms with Crippen molar-refractivity contribution in [3.05, 3.63) is 24.3 Å². The number of sulfonamides is 1. The molecule has 4 N–H and O–H groups in total. The van der Waals surface area contributed by atoms with Gasteiger partial charge in [-0.05, 0) is 12.1 Å². The van der Waals surface area contributed by atoms with E-state index in [1.165, 1.54) is 6.07 Å². The molecule has 1 fully saturated rings. The first-order valence-electron chi connectivity index (χ1n) is 5.12. The molecule has 2 rings (SSSR count). The number of anilines is 1. The van der Waals surface area contributed by atoms with Gasteiger partial charge in [0.05, 0.1) is 17.9 Å². The van der Waals surface area contributed by atoms with Gasteiger partial charge in [0.15, 0.2) is 0 Å². The van der Waals surface area contributed by atoms with Crippen LogP contribution < -0.4 is 10.0 Å². The third kappa shape index (κ3) is 2.42. The van der Waals surface area contributed by atoms with Gasteiger partial charge in [-0.1, -0.05) is 12.1 Å². The Balaban J connectivity index is 2.40. The Bertz CT molecular complexity index is 507. The lowest BCUT2D eigenvalue weighted by atomic mass is 10.3. The maximum Gasteiger partial charge on any atom is 0.240 e. The fourth-order valence-electron chi connectivity index (χ4n) is 1.93. The van der Waals surface area contributed by atoms with E-state index in [-0.39, 0.29) is 18.0 Å². The van der Waals surface area contributed by atoms with E-state index in [1.54, 1.807) is 23.1 Å². The first-order chi connectivity index (χ1) is 7.89. The summed E-state index contributed by atoms with van der Waals surface area (Å²) in [6, 6.07) is 6.26. The van der Waals surface area contributed by atoms with Crippen LogP contribution in [0.2, 0.25) is 0 Å². The number of benzene rings is 1. The van der Waals surface area contributed by atoms with Gasteiger partial charge in [0.1, 0.15) is 4.90 Å². The zero-order valence-corrected chi connectivity index (χ0v) is 9.84. The highest BCUT2D eigenvalue weighted by molar-refractivity contribution is 7.89. The first-order valence-corrected chi connectivity index (χ1v) is 6.67. The molecule has 1 aliphatic rings. The molecule has 1 aromatic rings. The maximum absolute atomic E-state index is 11.4. The van der Waals surface area contributed by atoms with Crippen molar-refractivity contribution in [2.24, 2.45) is 5.14 Å². The predicted molar refractivity (Wildman–Crippen MR) is 62.0 cm³/mol. The molecular formula is C10H14N2O4S. The molecule has 0 aliphatic carbocycles. The smallest absolute Gasteiger partial charge is 0.240 e. The minimum atomic E-state index is -3.81. The lowest BCUT2D eigenvalue weighted by Crippen LogP contribution is -2.25. The first kappa shape index (κ1) is 12.3. The predicted octanol–water partition coefficient (Wildman–Crippen LogP) is -1.12. The number of para-hydroxylation sites is 1. The van der Waals surface area contributed by atoms with Crippen molar-refractivity contribution >= 4 is 15.7 Å². The van der Waals surface area contributed by atoms with Crippen molar-refractivity contribution < 1.29 is 18.6 Å². The third-order valence-electron chi connectivity index (χ3n) is 2.77. The molecule has 2 atom stereocenters. The molecule has 0 radical (unpaired) electrons. The normalized spacial score (nSPS) is 25.2. The topological polar surface area (TPSA) is 104 Å². The van der Waals surface area contributed by atoms with Gasteiger partial charge in [-0.2, -0.15) is 0 Å². The molecular weight excluding hydrogens is 244 g/mol. The van der Waals surface area contributed by atoms with E-state index in [1.807, 2.05) is 0 Å². The van der Waals surface area contributed by atoms with Gasteiger partial charge in [0.2, 0.25) is 10.0 Å². The molecule has 2 unspecified atom stereocenters. The van der Waals surface area contributed by atoms with Gasteiger partial charge >= 0.3 is 0 Å². The number of aliphatic hydroxyl groups excluding tert-OH is 2. The molecule has 0 aromatic heterocycles. The van der Waals surface area contributed by atoms with Crippen LogP contribution >= 0.6 is 0 Å². The summed E-state index contributed by atoms with van der Waals surface area (Å²) in [6.07, 6.45) is -1.74. The van der Waals surface area contributed by atoms with Gasteiger partial charge < -0.3 is 15.1 Å². The van der Waals surface area contributed by atoms with Crippen LogP contribution in [-0.2, 0) is 10.0 Å². The lowest BCUT2D eigenvalue weighted by molar-refractivity contribution is 0.0572. The zero-order valence-electron chi connectivity index (χ0n) is 9.02. The van der Waals surface area contributed by atoms with Crippen LogP contribution in [0.15, 0.2) is 29.2 Å². The Labute approximate surface area is 99.3 Å². The quantitative estimate of drug-likeness (QED) is 0.623. The lowest BCUT2D eigenvalue weighted by Gasteiger charge is -2.20. The Morgan fingerprint density at radius 1 is 1.18 bits per heavy atom.